The lowest BCUT2D eigenvalue weighted by Crippen LogP contribution is -2.37. The Kier molecular flexibility index (Phi) is 5.39. The van der Waals surface area contributed by atoms with Crippen molar-refractivity contribution < 1.29 is 9.53 Å². The van der Waals surface area contributed by atoms with Crippen molar-refractivity contribution in [1.29, 1.82) is 0 Å². The highest BCUT2D eigenvalue weighted by Gasteiger charge is 2.16. The number of hydrogen-bond acceptors (Lipinski definition) is 8. The van der Waals surface area contributed by atoms with Crippen LogP contribution in [0, 0.1) is 0 Å². The van der Waals surface area contributed by atoms with E-state index in [0.717, 1.165) is 40.7 Å². The van der Waals surface area contributed by atoms with Crippen LogP contribution in [0.1, 0.15) is 16.1 Å². The zero-order chi connectivity index (χ0) is 23.6. The van der Waals surface area contributed by atoms with Gasteiger partial charge in [-0.3, -0.25) is 19.7 Å². The van der Waals surface area contributed by atoms with Crippen molar-refractivity contribution in [1.82, 2.24) is 40.1 Å². The van der Waals surface area contributed by atoms with Crippen LogP contribution in [0.3, 0.4) is 0 Å². The van der Waals surface area contributed by atoms with Gasteiger partial charge in [0, 0.05) is 54.4 Å². The minimum Gasteiger partial charge on any atom is -0.378 e. The number of H-pyrrole nitrogens is 2. The second-order valence-corrected chi connectivity index (χ2v) is 8.19. The van der Waals surface area contributed by atoms with E-state index in [-0.39, 0.29) is 5.91 Å². The smallest absolute Gasteiger partial charge is 0.276 e. The molecule has 6 rings (SSSR count). The molecule has 0 saturated carbocycles. The molecule has 12 nitrogen and oxygen atoms in total. The summed E-state index contributed by atoms with van der Waals surface area (Å²) in [6.45, 7) is 3.44. The average Bonchev–Trinajstić information content (AvgIpc) is 3.66. The number of anilines is 2. The Balaban J connectivity index is 1.12. The van der Waals surface area contributed by atoms with E-state index < -0.39 is 0 Å². The molecule has 1 saturated heterocycles. The van der Waals surface area contributed by atoms with E-state index in [1.807, 2.05) is 24.4 Å². The van der Waals surface area contributed by atoms with Gasteiger partial charge in [0.2, 0.25) is 5.95 Å². The van der Waals surface area contributed by atoms with Crippen LogP contribution < -0.4 is 10.2 Å². The van der Waals surface area contributed by atoms with E-state index >= 15 is 0 Å². The number of aromatic nitrogens is 8. The highest BCUT2D eigenvalue weighted by atomic mass is 16.5. The van der Waals surface area contributed by atoms with Crippen LogP contribution in [0.2, 0.25) is 0 Å². The lowest BCUT2D eigenvalue weighted by molar-refractivity contribution is 0.102. The summed E-state index contributed by atoms with van der Waals surface area (Å²) >= 11 is 0. The summed E-state index contributed by atoms with van der Waals surface area (Å²) in [5.41, 5.74) is 4.51. The molecule has 12 heteroatoms. The summed E-state index contributed by atoms with van der Waals surface area (Å²) in [5.74, 6) is 0.388. The number of morpholine rings is 1. The first kappa shape index (κ1) is 21.0. The Morgan fingerprint density at radius 1 is 1.09 bits per heavy atom. The van der Waals surface area contributed by atoms with Crippen molar-refractivity contribution >= 4 is 28.4 Å². The molecule has 0 unspecified atom stereocenters. The maximum atomic E-state index is 12.9. The molecule has 3 N–H and O–H groups in total. The lowest BCUT2D eigenvalue weighted by atomic mass is 10.1. The van der Waals surface area contributed by atoms with E-state index in [1.165, 1.54) is 0 Å². The number of amides is 1. The number of aromatic amines is 2. The number of ether oxygens (including phenoxy) is 1. The van der Waals surface area contributed by atoms with Gasteiger partial charge in [0.25, 0.3) is 5.91 Å². The molecule has 1 aromatic carbocycles. The third-order valence-corrected chi connectivity index (χ3v) is 5.83. The van der Waals surface area contributed by atoms with Gasteiger partial charge in [0.1, 0.15) is 0 Å². The summed E-state index contributed by atoms with van der Waals surface area (Å²) in [7, 11) is 0. The van der Waals surface area contributed by atoms with Crippen LogP contribution in [0.4, 0.5) is 11.6 Å². The minimum absolute atomic E-state index is 0.315. The zero-order valence-electron chi connectivity index (χ0n) is 18.7. The third-order valence-electron chi connectivity index (χ3n) is 5.83. The topological polar surface area (TPSA) is 143 Å². The number of rotatable bonds is 6. The number of carbonyl (C=O) groups excluding carboxylic acids is 1. The average molecular weight is 470 g/mol. The van der Waals surface area contributed by atoms with Gasteiger partial charge in [0.15, 0.2) is 5.69 Å². The van der Waals surface area contributed by atoms with Crippen molar-refractivity contribution in [2.75, 3.05) is 36.5 Å². The molecule has 0 spiro atoms. The van der Waals surface area contributed by atoms with E-state index in [9.17, 15) is 4.79 Å². The quantitative estimate of drug-likeness (QED) is 0.342. The second-order valence-electron chi connectivity index (χ2n) is 8.19. The third kappa shape index (κ3) is 4.34. The predicted octanol–water partition coefficient (Wildman–Crippen LogP) is 2.08. The van der Waals surface area contributed by atoms with Gasteiger partial charge in [-0.15, -0.1) is 0 Å². The molecule has 0 aliphatic carbocycles. The summed E-state index contributed by atoms with van der Waals surface area (Å²) in [6, 6.07) is 5.75. The molecular formula is C23H22N10O2. The predicted molar refractivity (Wildman–Crippen MR) is 128 cm³/mol. The second kappa shape index (κ2) is 8.99. The summed E-state index contributed by atoms with van der Waals surface area (Å²) in [5, 5.41) is 21.9. The number of carbonyl (C=O) groups is 1. The molecule has 1 aliphatic rings. The van der Waals surface area contributed by atoms with Crippen molar-refractivity contribution in [3.05, 3.63) is 66.6 Å². The monoisotopic (exact) mass is 470 g/mol. The van der Waals surface area contributed by atoms with Crippen molar-refractivity contribution in [3.8, 4) is 11.1 Å². The van der Waals surface area contributed by atoms with Crippen LogP contribution in [-0.4, -0.2) is 72.4 Å². The Morgan fingerprint density at radius 2 is 1.94 bits per heavy atom. The van der Waals surface area contributed by atoms with Crippen LogP contribution >= 0.6 is 0 Å². The Labute approximate surface area is 199 Å². The van der Waals surface area contributed by atoms with Crippen LogP contribution in [0.5, 0.6) is 0 Å². The molecule has 1 fully saturated rings. The van der Waals surface area contributed by atoms with E-state index in [1.54, 1.807) is 35.7 Å². The number of fused-ring (bicyclic) bond motifs is 1. The van der Waals surface area contributed by atoms with E-state index in [2.05, 4.69) is 45.7 Å². The maximum Gasteiger partial charge on any atom is 0.276 e. The largest absolute Gasteiger partial charge is 0.378 e. The molecule has 0 bridgehead atoms. The van der Waals surface area contributed by atoms with Gasteiger partial charge >= 0.3 is 0 Å². The normalized spacial score (nSPS) is 13.9. The summed E-state index contributed by atoms with van der Waals surface area (Å²) in [6.07, 6.45) is 10.5. The summed E-state index contributed by atoms with van der Waals surface area (Å²) in [4.78, 5) is 23.9. The number of benzene rings is 1. The molecule has 0 atom stereocenters. The molecule has 176 valence electrons. The number of nitrogens with zero attached hydrogens (tertiary/aromatic N) is 7. The van der Waals surface area contributed by atoms with Gasteiger partial charge in [-0.2, -0.15) is 15.3 Å². The fraction of sp³-hybridized carbons (Fsp3) is 0.217. The minimum atomic E-state index is -0.315. The van der Waals surface area contributed by atoms with Crippen molar-refractivity contribution in [2.45, 2.75) is 6.54 Å². The van der Waals surface area contributed by atoms with E-state index in [4.69, 9.17) is 4.74 Å². The standard InChI is InChI=1S/C23H22N10O2/c34-22(21-19-2-1-16(7-20(19)30-31-21)17-10-26-27-11-17)29-18-12-28-33(14-18)13-15-8-24-23(25-9-15)32-3-5-35-6-4-32/h1-2,7-12,14H,3-6,13H2,(H,26,27)(H,29,34)(H,30,31). The van der Waals surface area contributed by atoms with Gasteiger partial charge < -0.3 is 15.0 Å². The Bertz CT molecular complexity index is 1450. The fourth-order valence-corrected chi connectivity index (χ4v) is 4.03. The Hall–Kier alpha value is -4.58. The first-order chi connectivity index (χ1) is 17.2. The fourth-order valence-electron chi connectivity index (χ4n) is 4.03. The first-order valence-electron chi connectivity index (χ1n) is 11.2. The van der Waals surface area contributed by atoms with Gasteiger partial charge in [-0.1, -0.05) is 6.07 Å². The number of nitrogens with one attached hydrogen (secondary N) is 3. The molecule has 1 aliphatic heterocycles. The van der Waals surface area contributed by atoms with E-state index in [0.29, 0.717) is 37.1 Å². The SMILES string of the molecule is O=C(Nc1cnn(Cc2cnc(N3CCOCC3)nc2)c1)c1n[nH]c2cc(-c3cn[nH]c3)ccc12. The van der Waals surface area contributed by atoms with Crippen molar-refractivity contribution in [2.24, 2.45) is 0 Å². The maximum absolute atomic E-state index is 12.9. The van der Waals surface area contributed by atoms with Crippen LogP contribution in [-0.2, 0) is 11.3 Å². The first-order valence-corrected chi connectivity index (χ1v) is 11.2. The molecule has 5 aromatic rings. The lowest BCUT2D eigenvalue weighted by Gasteiger charge is -2.26. The molecule has 0 radical (unpaired) electrons. The van der Waals surface area contributed by atoms with Gasteiger partial charge in [0.05, 0.1) is 43.4 Å². The highest BCUT2D eigenvalue weighted by molar-refractivity contribution is 6.11. The molecule has 35 heavy (non-hydrogen) atoms. The van der Waals surface area contributed by atoms with Crippen molar-refractivity contribution in [3.63, 3.8) is 0 Å². The Morgan fingerprint density at radius 3 is 2.74 bits per heavy atom. The van der Waals surface area contributed by atoms with Gasteiger partial charge in [-0.05, 0) is 17.7 Å². The molecule has 4 aromatic heterocycles. The summed E-state index contributed by atoms with van der Waals surface area (Å²) < 4.78 is 7.09. The molecule has 1 amide bonds. The number of hydrogen-bond donors (Lipinski definition) is 3. The molecular weight excluding hydrogens is 448 g/mol. The zero-order valence-corrected chi connectivity index (χ0v) is 18.7. The highest BCUT2D eigenvalue weighted by Crippen LogP contribution is 2.24. The van der Waals surface area contributed by atoms with Gasteiger partial charge in [-0.25, -0.2) is 9.97 Å². The van der Waals surface area contributed by atoms with Crippen LogP contribution in [0.25, 0.3) is 22.0 Å². The van der Waals surface area contributed by atoms with Crippen LogP contribution in [0.15, 0.2) is 55.4 Å². The molecule has 5 heterocycles.